The zero-order valence-electron chi connectivity index (χ0n) is 17.1. The normalized spacial score (nSPS) is 11.8. The van der Waals surface area contributed by atoms with E-state index in [4.69, 9.17) is 0 Å². The second kappa shape index (κ2) is 8.62. The number of nitrogens with zero attached hydrogens (tertiary/aromatic N) is 3. The summed E-state index contributed by atoms with van der Waals surface area (Å²) in [5.74, 6) is -0.369. The van der Waals surface area contributed by atoms with Gasteiger partial charge in [-0.05, 0) is 30.3 Å². The van der Waals surface area contributed by atoms with Crippen LogP contribution in [0.4, 0.5) is 5.69 Å². The van der Waals surface area contributed by atoms with Crippen LogP contribution in [0.25, 0.3) is 16.2 Å². The molecule has 7 nitrogen and oxygen atoms in total. The molecule has 0 bridgehead atoms. The quantitative estimate of drug-likeness (QED) is 0.450. The third-order valence-electron chi connectivity index (χ3n) is 4.97. The van der Waals surface area contributed by atoms with Crippen molar-refractivity contribution >= 4 is 37.9 Å². The van der Waals surface area contributed by atoms with Gasteiger partial charge in [-0.2, -0.15) is 4.31 Å². The van der Waals surface area contributed by atoms with Crippen molar-refractivity contribution in [3.8, 4) is 11.3 Å². The first kappa shape index (κ1) is 21.2. The molecule has 0 unspecified atom stereocenters. The van der Waals surface area contributed by atoms with Gasteiger partial charge < -0.3 is 5.32 Å². The molecule has 0 aliphatic rings. The third kappa shape index (κ3) is 4.25. The fourth-order valence-electron chi connectivity index (χ4n) is 3.30. The highest BCUT2D eigenvalue weighted by atomic mass is 32.2. The number of aromatic nitrogens is 2. The summed E-state index contributed by atoms with van der Waals surface area (Å²) in [7, 11) is -3.63. The number of sulfonamides is 1. The third-order valence-corrected chi connectivity index (χ3v) is 7.79. The average Bonchev–Trinajstić information content (AvgIpc) is 3.37. The van der Waals surface area contributed by atoms with Gasteiger partial charge in [-0.1, -0.05) is 32.0 Å². The van der Waals surface area contributed by atoms with Crippen LogP contribution in [-0.2, 0) is 10.0 Å². The minimum Gasteiger partial charge on any atom is -0.322 e. The topological polar surface area (TPSA) is 83.8 Å². The standard InChI is InChI=1S/C22H22N4O3S2/c1-3-26(4-2)31(28,29)19-7-5-6-17(14-19)21(27)23-18-10-8-16(9-11-18)20-15-25-12-13-30-22(25)24-20/h5-15H,3-4H2,1-2H3,(H,23,27). The van der Waals surface area contributed by atoms with E-state index in [9.17, 15) is 13.2 Å². The van der Waals surface area contributed by atoms with Gasteiger partial charge in [0.1, 0.15) is 0 Å². The predicted octanol–water partition coefficient (Wildman–Crippen LogP) is 4.35. The second-order valence-corrected chi connectivity index (χ2v) is 9.68. The van der Waals surface area contributed by atoms with Crippen LogP contribution in [0.15, 0.2) is 71.2 Å². The van der Waals surface area contributed by atoms with Crippen LogP contribution in [0.5, 0.6) is 0 Å². The van der Waals surface area contributed by atoms with Gasteiger partial charge in [0, 0.05) is 47.7 Å². The van der Waals surface area contributed by atoms with Crippen LogP contribution in [0.1, 0.15) is 24.2 Å². The van der Waals surface area contributed by atoms with E-state index in [1.54, 1.807) is 49.4 Å². The molecule has 1 N–H and O–H groups in total. The highest BCUT2D eigenvalue weighted by Gasteiger charge is 2.22. The number of amides is 1. The number of imidazole rings is 1. The largest absolute Gasteiger partial charge is 0.322 e. The van der Waals surface area contributed by atoms with E-state index in [2.05, 4.69) is 10.3 Å². The molecule has 0 spiro atoms. The molecule has 31 heavy (non-hydrogen) atoms. The first-order chi connectivity index (χ1) is 14.9. The van der Waals surface area contributed by atoms with Gasteiger partial charge in [-0.15, -0.1) is 11.3 Å². The van der Waals surface area contributed by atoms with Crippen molar-refractivity contribution in [1.29, 1.82) is 0 Å². The summed E-state index contributed by atoms with van der Waals surface area (Å²) in [6, 6.07) is 13.5. The fourth-order valence-corrected chi connectivity index (χ4v) is 5.51. The number of hydrogen-bond donors (Lipinski definition) is 1. The minimum atomic E-state index is -3.63. The lowest BCUT2D eigenvalue weighted by molar-refractivity contribution is 0.102. The van der Waals surface area contributed by atoms with Crippen molar-refractivity contribution < 1.29 is 13.2 Å². The zero-order chi connectivity index (χ0) is 22.0. The maximum absolute atomic E-state index is 12.7. The maximum Gasteiger partial charge on any atom is 0.255 e. The predicted molar refractivity (Wildman–Crippen MR) is 123 cm³/mol. The fraction of sp³-hybridized carbons (Fsp3) is 0.182. The van der Waals surface area contributed by atoms with Gasteiger partial charge in [0.05, 0.1) is 10.6 Å². The highest BCUT2D eigenvalue weighted by molar-refractivity contribution is 7.89. The molecule has 4 aromatic rings. The number of nitrogens with one attached hydrogen (secondary N) is 1. The van der Waals surface area contributed by atoms with E-state index in [1.165, 1.54) is 16.4 Å². The van der Waals surface area contributed by atoms with Crippen LogP contribution >= 0.6 is 11.3 Å². The number of thiazole rings is 1. The van der Waals surface area contributed by atoms with Gasteiger partial charge >= 0.3 is 0 Å². The van der Waals surface area contributed by atoms with E-state index in [0.717, 1.165) is 16.2 Å². The molecule has 2 heterocycles. The average molecular weight is 455 g/mol. The Labute approximate surface area is 185 Å². The number of carbonyl (C=O) groups excluding carboxylic acids is 1. The molecule has 0 fully saturated rings. The van der Waals surface area contributed by atoms with Gasteiger partial charge in [-0.25, -0.2) is 13.4 Å². The van der Waals surface area contributed by atoms with E-state index in [0.29, 0.717) is 18.8 Å². The Bertz CT molecular complexity index is 1290. The number of hydrogen-bond acceptors (Lipinski definition) is 5. The SMILES string of the molecule is CCN(CC)S(=O)(=O)c1cccc(C(=O)Nc2ccc(-c3cn4ccsc4n3)cc2)c1. The summed E-state index contributed by atoms with van der Waals surface area (Å²) in [4.78, 5) is 18.3. The summed E-state index contributed by atoms with van der Waals surface area (Å²) in [6.45, 7) is 4.31. The molecule has 0 saturated carbocycles. The van der Waals surface area contributed by atoms with Crippen molar-refractivity contribution in [3.63, 3.8) is 0 Å². The van der Waals surface area contributed by atoms with E-state index < -0.39 is 10.0 Å². The molecule has 2 aromatic heterocycles. The zero-order valence-corrected chi connectivity index (χ0v) is 18.8. The molecule has 0 aliphatic carbocycles. The highest BCUT2D eigenvalue weighted by Crippen LogP contribution is 2.24. The van der Waals surface area contributed by atoms with Crippen LogP contribution < -0.4 is 5.32 Å². The number of fused-ring (bicyclic) bond motifs is 1. The lowest BCUT2D eigenvalue weighted by atomic mass is 10.1. The molecule has 160 valence electrons. The van der Waals surface area contributed by atoms with Crippen molar-refractivity contribution in [2.24, 2.45) is 0 Å². The van der Waals surface area contributed by atoms with Crippen molar-refractivity contribution in [1.82, 2.24) is 13.7 Å². The minimum absolute atomic E-state index is 0.110. The first-order valence-electron chi connectivity index (χ1n) is 9.86. The number of rotatable bonds is 7. The summed E-state index contributed by atoms with van der Waals surface area (Å²) in [6.07, 6.45) is 3.92. The maximum atomic E-state index is 12.7. The molecule has 0 aliphatic heterocycles. The van der Waals surface area contributed by atoms with Crippen LogP contribution in [0.3, 0.4) is 0 Å². The summed E-state index contributed by atoms with van der Waals surface area (Å²) >= 11 is 1.57. The number of anilines is 1. The Balaban J connectivity index is 1.51. The summed E-state index contributed by atoms with van der Waals surface area (Å²) in [5.41, 5.74) is 2.71. The van der Waals surface area contributed by atoms with Crippen molar-refractivity contribution in [2.45, 2.75) is 18.7 Å². The summed E-state index contributed by atoms with van der Waals surface area (Å²) in [5, 5.41) is 4.80. The molecule has 2 aromatic carbocycles. The van der Waals surface area contributed by atoms with E-state index in [-0.39, 0.29) is 16.4 Å². The molecule has 9 heteroatoms. The first-order valence-corrected chi connectivity index (χ1v) is 12.2. The van der Waals surface area contributed by atoms with E-state index >= 15 is 0 Å². The number of carbonyl (C=O) groups is 1. The smallest absolute Gasteiger partial charge is 0.255 e. The van der Waals surface area contributed by atoms with Crippen LogP contribution in [0, 0.1) is 0 Å². The Morgan fingerprint density at radius 3 is 2.55 bits per heavy atom. The van der Waals surface area contributed by atoms with Crippen molar-refractivity contribution in [2.75, 3.05) is 18.4 Å². The van der Waals surface area contributed by atoms with Crippen LogP contribution in [0.2, 0.25) is 0 Å². The molecule has 0 atom stereocenters. The summed E-state index contributed by atoms with van der Waals surface area (Å²) < 4.78 is 28.8. The lowest BCUT2D eigenvalue weighted by Crippen LogP contribution is -2.30. The Morgan fingerprint density at radius 2 is 1.87 bits per heavy atom. The van der Waals surface area contributed by atoms with Crippen LogP contribution in [-0.4, -0.2) is 41.1 Å². The lowest BCUT2D eigenvalue weighted by Gasteiger charge is -2.18. The monoisotopic (exact) mass is 454 g/mol. The van der Waals surface area contributed by atoms with Crippen molar-refractivity contribution in [3.05, 3.63) is 71.9 Å². The molecule has 0 saturated heterocycles. The van der Waals surface area contributed by atoms with Gasteiger partial charge in [-0.3, -0.25) is 9.20 Å². The Kier molecular flexibility index (Phi) is 5.90. The van der Waals surface area contributed by atoms with Gasteiger partial charge in [0.25, 0.3) is 5.91 Å². The Morgan fingerprint density at radius 1 is 1.13 bits per heavy atom. The Hall–Kier alpha value is -3.01. The molecule has 4 rings (SSSR count). The van der Waals surface area contributed by atoms with E-state index in [1.807, 2.05) is 34.3 Å². The molecule has 0 radical (unpaired) electrons. The second-order valence-electron chi connectivity index (χ2n) is 6.87. The number of benzene rings is 2. The molecular weight excluding hydrogens is 432 g/mol. The van der Waals surface area contributed by atoms with Gasteiger partial charge in [0.15, 0.2) is 4.96 Å². The molecule has 1 amide bonds. The van der Waals surface area contributed by atoms with Gasteiger partial charge in [0.2, 0.25) is 10.0 Å². The molecular formula is C22H22N4O3S2.